The molecule has 0 bridgehead atoms. The summed E-state index contributed by atoms with van der Waals surface area (Å²) >= 11 is 5.84. The van der Waals surface area contributed by atoms with Crippen LogP contribution in [-0.2, 0) is 11.2 Å². The van der Waals surface area contributed by atoms with Gasteiger partial charge in [-0.25, -0.2) is 4.79 Å². The molecule has 1 aliphatic rings. The van der Waals surface area contributed by atoms with Crippen molar-refractivity contribution >= 4 is 23.5 Å². The lowest BCUT2D eigenvalue weighted by molar-refractivity contribution is -0.120. The Labute approximate surface area is 123 Å². The highest BCUT2D eigenvalue weighted by atomic mass is 35.5. The van der Waals surface area contributed by atoms with Gasteiger partial charge in [-0.2, -0.15) is 0 Å². The second-order valence-electron chi connectivity index (χ2n) is 5.82. The molecule has 2 rings (SSSR count). The Morgan fingerprint density at radius 2 is 1.80 bits per heavy atom. The first-order valence-corrected chi connectivity index (χ1v) is 6.76. The summed E-state index contributed by atoms with van der Waals surface area (Å²) in [6.45, 7) is 4.35. The minimum absolute atomic E-state index is 0.189. The molecule has 110 valence electrons. The van der Waals surface area contributed by atoms with E-state index in [0.717, 1.165) is 24.3 Å². The molecule has 4 nitrogen and oxygen atoms in total. The standard InChI is InChI=1S/C14H17ClO.CH2O3/c1-14(2)8-11(13(16)9-14)7-10-3-5-12(15)6-4-10;2-1(3)4/h3-6,11H,7-9H2,1-2H3;(H2,2,3,4). The molecule has 1 atom stereocenters. The SMILES string of the molecule is CC1(C)CC(=O)C(Cc2ccc(Cl)cc2)C1.O=C(O)O. The van der Waals surface area contributed by atoms with E-state index in [1.54, 1.807) is 0 Å². The summed E-state index contributed by atoms with van der Waals surface area (Å²) in [5.74, 6) is 0.621. The van der Waals surface area contributed by atoms with Gasteiger partial charge >= 0.3 is 6.16 Å². The van der Waals surface area contributed by atoms with Gasteiger partial charge in [0.25, 0.3) is 0 Å². The van der Waals surface area contributed by atoms with Crippen LogP contribution in [0.2, 0.25) is 5.02 Å². The molecule has 0 saturated heterocycles. The predicted octanol–water partition coefficient (Wildman–Crippen LogP) is 4.11. The molecule has 20 heavy (non-hydrogen) atoms. The second-order valence-corrected chi connectivity index (χ2v) is 6.26. The Kier molecular flexibility index (Phi) is 5.57. The molecule has 0 amide bonds. The van der Waals surface area contributed by atoms with Crippen LogP contribution < -0.4 is 0 Å². The van der Waals surface area contributed by atoms with Gasteiger partial charge in [-0.3, -0.25) is 4.79 Å². The van der Waals surface area contributed by atoms with Crippen LogP contribution in [0, 0.1) is 11.3 Å². The fourth-order valence-electron chi connectivity index (χ4n) is 2.56. The van der Waals surface area contributed by atoms with Gasteiger partial charge in [0.1, 0.15) is 5.78 Å². The van der Waals surface area contributed by atoms with E-state index in [2.05, 4.69) is 13.8 Å². The molecule has 0 spiro atoms. The molecule has 1 saturated carbocycles. The summed E-state index contributed by atoms with van der Waals surface area (Å²) in [6, 6.07) is 7.81. The molecule has 0 heterocycles. The average Bonchev–Trinajstić information content (AvgIpc) is 2.54. The van der Waals surface area contributed by atoms with Crippen molar-refractivity contribution in [1.82, 2.24) is 0 Å². The summed E-state index contributed by atoms with van der Waals surface area (Å²) in [4.78, 5) is 20.4. The van der Waals surface area contributed by atoms with Crippen molar-refractivity contribution in [2.45, 2.75) is 33.1 Å². The van der Waals surface area contributed by atoms with E-state index in [4.69, 9.17) is 26.6 Å². The molecule has 0 aliphatic heterocycles. The van der Waals surface area contributed by atoms with E-state index >= 15 is 0 Å². The lowest BCUT2D eigenvalue weighted by Gasteiger charge is -2.15. The van der Waals surface area contributed by atoms with Gasteiger partial charge in [-0.15, -0.1) is 0 Å². The van der Waals surface area contributed by atoms with Gasteiger partial charge in [0.2, 0.25) is 0 Å². The monoisotopic (exact) mass is 298 g/mol. The van der Waals surface area contributed by atoms with Crippen LogP contribution in [-0.4, -0.2) is 22.2 Å². The number of carboxylic acid groups (broad SMARTS) is 2. The highest BCUT2D eigenvalue weighted by Gasteiger charge is 2.37. The third kappa shape index (κ3) is 5.61. The largest absolute Gasteiger partial charge is 0.503 e. The van der Waals surface area contributed by atoms with Crippen LogP contribution in [0.1, 0.15) is 32.3 Å². The highest BCUT2D eigenvalue weighted by Crippen LogP contribution is 2.39. The number of carbonyl (C=O) groups is 2. The zero-order chi connectivity index (χ0) is 15.3. The smallest absolute Gasteiger partial charge is 0.450 e. The molecule has 0 aromatic heterocycles. The number of benzene rings is 1. The molecular weight excluding hydrogens is 280 g/mol. The van der Waals surface area contributed by atoms with Crippen molar-refractivity contribution < 1.29 is 19.8 Å². The van der Waals surface area contributed by atoms with Crippen molar-refractivity contribution in [3.05, 3.63) is 34.9 Å². The number of ketones is 1. The number of carbonyl (C=O) groups excluding carboxylic acids is 1. The first-order valence-electron chi connectivity index (χ1n) is 6.39. The fraction of sp³-hybridized carbons (Fsp3) is 0.467. The molecule has 1 aromatic rings. The van der Waals surface area contributed by atoms with Gasteiger partial charge in [0.05, 0.1) is 0 Å². The van der Waals surface area contributed by atoms with Gasteiger partial charge in [-0.05, 0) is 36.0 Å². The zero-order valence-corrected chi connectivity index (χ0v) is 12.4. The molecular formula is C15H19ClO4. The van der Waals surface area contributed by atoms with Crippen molar-refractivity contribution in [1.29, 1.82) is 0 Å². The highest BCUT2D eigenvalue weighted by molar-refractivity contribution is 6.30. The summed E-state index contributed by atoms with van der Waals surface area (Å²) in [7, 11) is 0. The van der Waals surface area contributed by atoms with Crippen molar-refractivity contribution in [2.24, 2.45) is 11.3 Å². The van der Waals surface area contributed by atoms with Gasteiger partial charge in [-0.1, -0.05) is 37.6 Å². The quantitative estimate of drug-likeness (QED) is 0.861. The van der Waals surface area contributed by atoms with Crippen molar-refractivity contribution in [2.75, 3.05) is 0 Å². The topological polar surface area (TPSA) is 74.6 Å². The van der Waals surface area contributed by atoms with E-state index in [1.807, 2.05) is 24.3 Å². The normalized spacial score (nSPS) is 20.1. The first-order chi connectivity index (χ1) is 9.19. The van der Waals surface area contributed by atoms with Crippen LogP contribution >= 0.6 is 11.6 Å². The number of Topliss-reactive ketones (excluding diaryl/α,β-unsaturated/α-hetero) is 1. The molecule has 1 unspecified atom stereocenters. The third-order valence-electron chi connectivity index (χ3n) is 3.30. The summed E-state index contributed by atoms with van der Waals surface area (Å²) in [5.41, 5.74) is 1.40. The minimum atomic E-state index is -1.83. The maximum atomic E-state index is 11.8. The summed E-state index contributed by atoms with van der Waals surface area (Å²) in [5, 5.41) is 14.7. The lowest BCUT2D eigenvalue weighted by atomic mass is 9.89. The van der Waals surface area contributed by atoms with Gasteiger partial charge in [0, 0.05) is 17.4 Å². The van der Waals surface area contributed by atoms with E-state index < -0.39 is 6.16 Å². The molecule has 5 heteroatoms. The summed E-state index contributed by atoms with van der Waals surface area (Å²) < 4.78 is 0. The maximum absolute atomic E-state index is 11.8. The Balaban J connectivity index is 0.000000444. The van der Waals surface area contributed by atoms with Crippen LogP contribution in [0.3, 0.4) is 0 Å². The second kappa shape index (κ2) is 6.75. The summed E-state index contributed by atoms with van der Waals surface area (Å²) in [6.07, 6.45) is 0.763. The van der Waals surface area contributed by atoms with E-state index in [1.165, 1.54) is 5.56 Å². The Bertz CT molecular complexity index is 475. The zero-order valence-electron chi connectivity index (χ0n) is 11.6. The molecule has 1 aliphatic carbocycles. The van der Waals surface area contributed by atoms with Crippen LogP contribution in [0.15, 0.2) is 24.3 Å². The Hall–Kier alpha value is -1.55. The molecule has 1 fully saturated rings. The predicted molar refractivity (Wildman–Crippen MR) is 77.3 cm³/mol. The lowest BCUT2D eigenvalue weighted by Crippen LogP contribution is -2.09. The number of halogens is 1. The Morgan fingerprint density at radius 3 is 2.20 bits per heavy atom. The number of hydrogen-bond donors (Lipinski definition) is 2. The molecule has 0 radical (unpaired) electrons. The van der Waals surface area contributed by atoms with Crippen molar-refractivity contribution in [3.8, 4) is 0 Å². The minimum Gasteiger partial charge on any atom is -0.450 e. The van der Waals surface area contributed by atoms with Crippen molar-refractivity contribution in [3.63, 3.8) is 0 Å². The van der Waals surface area contributed by atoms with Crippen LogP contribution in [0.4, 0.5) is 4.79 Å². The van der Waals surface area contributed by atoms with E-state index in [-0.39, 0.29) is 11.3 Å². The third-order valence-corrected chi connectivity index (χ3v) is 3.55. The number of hydrogen-bond acceptors (Lipinski definition) is 2. The number of rotatable bonds is 2. The maximum Gasteiger partial charge on any atom is 0.503 e. The van der Waals surface area contributed by atoms with E-state index in [0.29, 0.717) is 5.78 Å². The molecule has 1 aromatic carbocycles. The van der Waals surface area contributed by atoms with E-state index in [9.17, 15) is 4.79 Å². The average molecular weight is 299 g/mol. The fourth-order valence-corrected chi connectivity index (χ4v) is 2.69. The molecule has 2 N–H and O–H groups in total. The van der Waals surface area contributed by atoms with Gasteiger partial charge < -0.3 is 10.2 Å². The first kappa shape index (κ1) is 16.5. The van der Waals surface area contributed by atoms with Gasteiger partial charge in [0.15, 0.2) is 0 Å². The van der Waals surface area contributed by atoms with Crippen LogP contribution in [0.25, 0.3) is 0 Å². The Morgan fingerprint density at radius 1 is 1.30 bits per heavy atom. The van der Waals surface area contributed by atoms with Crippen LogP contribution in [0.5, 0.6) is 0 Å².